The molecule has 0 unspecified atom stereocenters. The molecule has 0 bridgehead atoms. The third kappa shape index (κ3) is 7.81. The smallest absolute Gasteiger partial charge is 0.126 e. The predicted molar refractivity (Wildman–Crippen MR) is 127 cm³/mol. The largest absolute Gasteiger partial charge is 0.496 e. The van der Waals surface area contributed by atoms with Crippen LogP contribution in [0.3, 0.4) is 0 Å². The number of nitrogens with one attached hydrogen (secondary N) is 1. The average molecular weight is 415 g/mol. The summed E-state index contributed by atoms with van der Waals surface area (Å²) < 4.78 is 5.57. The molecule has 0 radical (unpaired) electrons. The topological polar surface area (TPSA) is 33.7 Å². The van der Waals surface area contributed by atoms with Crippen molar-refractivity contribution >= 4 is 6.08 Å². The number of likely N-dealkylation sites (N-methyl/N-ethyl adjacent to an activating group) is 1. The maximum Gasteiger partial charge on any atom is 0.126 e. The summed E-state index contributed by atoms with van der Waals surface area (Å²) in [5.41, 5.74) is 8.56. The maximum absolute atomic E-state index is 5.97. The number of allylic oxidation sites excluding steroid dienone is 2. The molecule has 1 aliphatic rings. The van der Waals surface area contributed by atoms with Gasteiger partial charge in [0.15, 0.2) is 0 Å². The van der Waals surface area contributed by atoms with Crippen LogP contribution in [0.1, 0.15) is 77.7 Å². The van der Waals surface area contributed by atoms with Crippen molar-refractivity contribution in [3.05, 3.63) is 46.7 Å². The number of rotatable bonds is 14. The lowest BCUT2D eigenvalue weighted by Gasteiger charge is -2.25. The molecule has 168 valence electrons. The minimum Gasteiger partial charge on any atom is -0.496 e. The maximum atomic E-state index is 5.97. The Balaban J connectivity index is 2.17. The molecule has 0 heterocycles. The summed E-state index contributed by atoms with van der Waals surface area (Å²) in [5.74, 6) is 0.918. The fourth-order valence-electron chi connectivity index (χ4n) is 4.08. The van der Waals surface area contributed by atoms with Gasteiger partial charge in [-0.2, -0.15) is 0 Å². The molecule has 1 aromatic rings. The number of ether oxygens (including phenoxy) is 1. The van der Waals surface area contributed by atoms with Crippen LogP contribution in [0.5, 0.6) is 5.75 Å². The normalized spacial score (nSPS) is 15.8. The van der Waals surface area contributed by atoms with Crippen LogP contribution in [0.25, 0.3) is 6.08 Å². The first-order valence-electron chi connectivity index (χ1n) is 11.9. The number of nitrogens with zero attached hydrogens (tertiary/aromatic N) is 1. The van der Waals surface area contributed by atoms with E-state index < -0.39 is 0 Å². The Labute approximate surface area is 184 Å². The summed E-state index contributed by atoms with van der Waals surface area (Å²) in [6.45, 7) is 10.4. The Morgan fingerprint density at radius 1 is 1.03 bits per heavy atom. The van der Waals surface area contributed by atoms with Crippen LogP contribution in [0.15, 0.2) is 41.1 Å². The number of methoxy groups -OCH3 is 1. The van der Waals surface area contributed by atoms with Crippen LogP contribution in [-0.2, 0) is 4.84 Å². The third-order valence-corrected chi connectivity index (χ3v) is 5.98. The highest BCUT2D eigenvalue weighted by Crippen LogP contribution is 2.34. The quantitative estimate of drug-likeness (QED) is 0.284. The fourth-order valence-corrected chi connectivity index (χ4v) is 4.08. The number of para-hydroxylation sites is 1. The Morgan fingerprint density at radius 2 is 1.83 bits per heavy atom. The summed E-state index contributed by atoms with van der Waals surface area (Å²) in [7, 11) is 1.74. The van der Waals surface area contributed by atoms with E-state index in [0.717, 1.165) is 50.2 Å². The molecule has 0 spiro atoms. The zero-order valence-corrected chi connectivity index (χ0v) is 19.6. The van der Waals surface area contributed by atoms with E-state index in [-0.39, 0.29) is 0 Å². The van der Waals surface area contributed by atoms with Gasteiger partial charge < -0.3 is 9.64 Å². The molecule has 1 aromatic carbocycles. The molecule has 0 aromatic heterocycles. The van der Waals surface area contributed by atoms with Gasteiger partial charge in [-0.3, -0.25) is 10.3 Å². The van der Waals surface area contributed by atoms with Crippen LogP contribution in [0.2, 0.25) is 0 Å². The van der Waals surface area contributed by atoms with Gasteiger partial charge in [0.2, 0.25) is 0 Å². The van der Waals surface area contributed by atoms with E-state index in [9.17, 15) is 0 Å². The minimum absolute atomic E-state index is 0.691. The first-order chi connectivity index (χ1) is 14.7. The van der Waals surface area contributed by atoms with Crippen LogP contribution in [0, 0.1) is 0 Å². The van der Waals surface area contributed by atoms with Crippen molar-refractivity contribution in [1.82, 2.24) is 10.4 Å². The zero-order chi connectivity index (χ0) is 21.6. The van der Waals surface area contributed by atoms with Crippen molar-refractivity contribution in [3.8, 4) is 5.75 Å². The van der Waals surface area contributed by atoms with Crippen molar-refractivity contribution in [2.75, 3.05) is 33.4 Å². The predicted octanol–water partition coefficient (Wildman–Crippen LogP) is 6.35. The van der Waals surface area contributed by atoms with Gasteiger partial charge in [-0.15, -0.1) is 0 Å². The molecule has 1 N–H and O–H groups in total. The highest BCUT2D eigenvalue weighted by Gasteiger charge is 2.18. The van der Waals surface area contributed by atoms with Crippen LogP contribution < -0.4 is 10.2 Å². The van der Waals surface area contributed by atoms with Gasteiger partial charge in [-0.1, -0.05) is 58.2 Å². The van der Waals surface area contributed by atoms with Gasteiger partial charge in [-0.05, 0) is 68.5 Å². The average Bonchev–Trinajstić information content (AvgIpc) is 2.78. The molecule has 1 aliphatic carbocycles. The third-order valence-electron chi connectivity index (χ3n) is 5.98. The lowest BCUT2D eigenvalue weighted by atomic mass is 9.88. The van der Waals surface area contributed by atoms with Gasteiger partial charge in [0.25, 0.3) is 0 Å². The summed E-state index contributed by atoms with van der Waals surface area (Å²) in [6.07, 6.45) is 12.0. The van der Waals surface area contributed by atoms with Crippen molar-refractivity contribution in [1.29, 1.82) is 0 Å². The monoisotopic (exact) mass is 414 g/mol. The first kappa shape index (κ1) is 24.5. The summed E-state index contributed by atoms with van der Waals surface area (Å²) in [6, 6.07) is 8.24. The SMILES string of the molecule is CCCCCCC1=C(NOCCN(CC)CC)C(=Cc2ccccc2OC)CCC1. The molecule has 0 aliphatic heterocycles. The lowest BCUT2D eigenvalue weighted by molar-refractivity contribution is 0.0463. The molecule has 0 atom stereocenters. The molecule has 0 amide bonds. The van der Waals surface area contributed by atoms with E-state index in [2.05, 4.69) is 49.4 Å². The van der Waals surface area contributed by atoms with E-state index in [0.29, 0.717) is 6.61 Å². The minimum atomic E-state index is 0.691. The first-order valence-corrected chi connectivity index (χ1v) is 11.9. The molecule has 4 heteroatoms. The molecular weight excluding hydrogens is 372 g/mol. The Kier molecular flexibility index (Phi) is 11.6. The number of hydrogen-bond acceptors (Lipinski definition) is 4. The molecule has 30 heavy (non-hydrogen) atoms. The Hall–Kier alpha value is -1.78. The highest BCUT2D eigenvalue weighted by atomic mass is 16.6. The second kappa shape index (κ2) is 14.3. The van der Waals surface area contributed by atoms with E-state index in [1.165, 1.54) is 48.9 Å². The Morgan fingerprint density at radius 3 is 2.57 bits per heavy atom. The highest BCUT2D eigenvalue weighted by molar-refractivity contribution is 5.64. The summed E-state index contributed by atoms with van der Waals surface area (Å²) in [5, 5.41) is 0. The standard InChI is InChI=1S/C26H42N2O2/c1-5-8-9-10-14-22-16-13-17-24(21-23-15-11-12-18-25(23)29-4)26(22)27-30-20-19-28(6-2)7-3/h11-12,15,18,21,27H,5-10,13-14,16-17,19-20H2,1-4H3. The lowest BCUT2D eigenvalue weighted by Crippen LogP contribution is -2.30. The van der Waals surface area contributed by atoms with Gasteiger partial charge in [0.1, 0.15) is 5.75 Å². The Bertz CT molecular complexity index is 677. The van der Waals surface area contributed by atoms with E-state index in [4.69, 9.17) is 9.57 Å². The number of hydroxylamine groups is 1. The van der Waals surface area contributed by atoms with E-state index in [1.807, 2.05) is 12.1 Å². The van der Waals surface area contributed by atoms with E-state index in [1.54, 1.807) is 7.11 Å². The second-order valence-electron chi connectivity index (χ2n) is 8.03. The van der Waals surface area contributed by atoms with Gasteiger partial charge in [0.05, 0.1) is 19.4 Å². The van der Waals surface area contributed by atoms with Crippen molar-refractivity contribution in [2.45, 2.75) is 72.1 Å². The van der Waals surface area contributed by atoms with Gasteiger partial charge in [0, 0.05) is 12.1 Å². The summed E-state index contributed by atoms with van der Waals surface area (Å²) >= 11 is 0. The molecular formula is C26H42N2O2. The number of hydrogen-bond donors (Lipinski definition) is 1. The molecule has 0 fully saturated rings. The molecule has 0 saturated carbocycles. The molecule has 4 nitrogen and oxygen atoms in total. The van der Waals surface area contributed by atoms with E-state index >= 15 is 0 Å². The number of benzene rings is 1. The fraction of sp³-hybridized carbons (Fsp3) is 0.615. The van der Waals surface area contributed by atoms with Gasteiger partial charge in [-0.25, -0.2) is 0 Å². The van der Waals surface area contributed by atoms with Gasteiger partial charge >= 0.3 is 0 Å². The molecule has 0 saturated heterocycles. The zero-order valence-electron chi connectivity index (χ0n) is 19.6. The van der Waals surface area contributed by atoms with Crippen molar-refractivity contribution in [2.24, 2.45) is 0 Å². The molecule has 2 rings (SSSR count). The van der Waals surface area contributed by atoms with Crippen molar-refractivity contribution < 1.29 is 9.57 Å². The second-order valence-corrected chi connectivity index (χ2v) is 8.03. The van der Waals surface area contributed by atoms with Crippen LogP contribution in [-0.4, -0.2) is 38.3 Å². The van der Waals surface area contributed by atoms with Crippen LogP contribution in [0.4, 0.5) is 0 Å². The van der Waals surface area contributed by atoms with Crippen molar-refractivity contribution in [3.63, 3.8) is 0 Å². The summed E-state index contributed by atoms with van der Waals surface area (Å²) in [4.78, 5) is 8.35. The van der Waals surface area contributed by atoms with Crippen LogP contribution >= 0.6 is 0 Å². The number of unbranched alkanes of at least 4 members (excludes halogenated alkanes) is 3.